The smallest absolute Gasteiger partial charge is 0.305 e. The number of carbonyl (C=O) groups excluding carboxylic acids is 2. The van der Waals surface area contributed by atoms with Crippen molar-refractivity contribution in [3.63, 3.8) is 0 Å². The van der Waals surface area contributed by atoms with E-state index in [1.807, 2.05) is 69.4 Å². The third kappa shape index (κ3) is 9.11. The van der Waals surface area contributed by atoms with Crippen LogP contribution in [-0.4, -0.2) is 63.8 Å². The summed E-state index contributed by atoms with van der Waals surface area (Å²) in [5.41, 5.74) is 11.1. The second-order valence-electron chi connectivity index (χ2n) is 12.0. The predicted octanol–water partition coefficient (Wildman–Crippen LogP) is 3.83. The van der Waals surface area contributed by atoms with Gasteiger partial charge in [0.15, 0.2) is 0 Å². The highest BCUT2D eigenvalue weighted by molar-refractivity contribution is 7.13. The van der Waals surface area contributed by atoms with E-state index in [4.69, 9.17) is 11.6 Å². The van der Waals surface area contributed by atoms with Crippen LogP contribution in [0.5, 0.6) is 0 Å². The Morgan fingerprint density at radius 3 is 2.37 bits per heavy atom. The molecule has 1 aromatic heterocycles. The first-order chi connectivity index (χ1) is 19.3. The normalized spacial score (nSPS) is 19.1. The summed E-state index contributed by atoms with van der Waals surface area (Å²) in [6.45, 7) is 8.79. The SMILES string of the molecule is CC(C)(C)C(C=O)N(N)/C=C(\N)C1CC1.Cc1ncsc1-c1ccc(C(CC(=O)O)NC(=O)C2CCCN2C)cc1. The maximum atomic E-state index is 12.6. The number of allylic oxidation sites excluding steroid dienone is 1. The fraction of sp³-hybridized carbons (Fsp3) is 0.533. The number of likely N-dealkylation sites (N-methyl/N-ethyl adjacent to an activating group) is 1. The number of aryl methyl sites for hydroxylation is 1. The minimum absolute atomic E-state index is 0.0985. The Morgan fingerprint density at radius 1 is 1.24 bits per heavy atom. The average molecular weight is 585 g/mol. The van der Waals surface area contributed by atoms with E-state index in [1.54, 1.807) is 17.5 Å². The molecule has 1 saturated heterocycles. The van der Waals surface area contributed by atoms with Crippen molar-refractivity contribution >= 4 is 29.5 Å². The van der Waals surface area contributed by atoms with Crippen LogP contribution in [0.4, 0.5) is 0 Å². The highest BCUT2D eigenvalue weighted by Crippen LogP contribution is 2.34. The average Bonchev–Trinajstić information content (AvgIpc) is 3.53. The molecule has 0 radical (unpaired) electrons. The molecule has 4 rings (SSSR count). The highest BCUT2D eigenvalue weighted by atomic mass is 32.1. The Labute approximate surface area is 246 Å². The molecular weight excluding hydrogens is 540 g/mol. The number of aldehydes is 1. The van der Waals surface area contributed by atoms with Crippen LogP contribution in [0.15, 0.2) is 41.7 Å². The first-order valence-corrected chi connectivity index (χ1v) is 14.9. The largest absolute Gasteiger partial charge is 0.481 e. The van der Waals surface area contributed by atoms with Crippen molar-refractivity contribution < 1.29 is 19.5 Å². The van der Waals surface area contributed by atoms with Crippen molar-refractivity contribution in [3.8, 4) is 10.4 Å². The van der Waals surface area contributed by atoms with E-state index in [0.717, 1.165) is 65.9 Å². The van der Waals surface area contributed by atoms with Crippen LogP contribution in [0.25, 0.3) is 10.4 Å². The van der Waals surface area contributed by atoms with E-state index in [9.17, 15) is 19.5 Å². The molecule has 2 fully saturated rings. The van der Waals surface area contributed by atoms with Crippen LogP contribution in [0.1, 0.15) is 70.2 Å². The van der Waals surface area contributed by atoms with Crippen molar-refractivity contribution in [2.24, 2.45) is 22.9 Å². The molecule has 3 atom stereocenters. The molecule has 0 spiro atoms. The standard InChI is InChI=1S/C19H23N3O3S.C11H21N3O/c1-12-18(26-11-20-12)14-7-5-13(6-8-14)15(10-17(23)24)21-19(25)16-4-3-9-22(16)2;1-11(2,3)10(7-15)14(13)6-9(12)8-4-5-8/h5-8,11,15-16H,3-4,9-10H2,1-2H3,(H,21,25)(H,23,24);6-8,10H,4-5,12-13H2,1-3H3/b;9-6-. The summed E-state index contributed by atoms with van der Waals surface area (Å²) in [7, 11) is 1.93. The minimum atomic E-state index is -0.933. The summed E-state index contributed by atoms with van der Waals surface area (Å²) in [4.78, 5) is 42.2. The molecule has 6 N–H and O–H groups in total. The van der Waals surface area contributed by atoms with Gasteiger partial charge in [0.1, 0.15) is 12.3 Å². The molecule has 41 heavy (non-hydrogen) atoms. The zero-order valence-corrected chi connectivity index (χ0v) is 25.5. The van der Waals surface area contributed by atoms with Crippen LogP contribution in [0.3, 0.4) is 0 Å². The van der Waals surface area contributed by atoms with Crippen LogP contribution < -0.4 is 16.9 Å². The summed E-state index contributed by atoms with van der Waals surface area (Å²) in [6, 6.07) is 6.64. The molecule has 1 aliphatic heterocycles. The van der Waals surface area contributed by atoms with Gasteiger partial charge in [-0.25, -0.2) is 10.8 Å². The number of benzene rings is 1. The number of nitrogens with two attached hydrogens (primary N) is 2. The van der Waals surface area contributed by atoms with E-state index in [-0.39, 0.29) is 29.8 Å². The van der Waals surface area contributed by atoms with Gasteiger partial charge in [-0.2, -0.15) is 0 Å². The maximum Gasteiger partial charge on any atom is 0.305 e. The summed E-state index contributed by atoms with van der Waals surface area (Å²) in [5.74, 6) is 5.27. The molecule has 1 amide bonds. The first kappa shape index (κ1) is 32.2. The number of thiazole rings is 1. The van der Waals surface area contributed by atoms with Gasteiger partial charge in [0.05, 0.1) is 34.6 Å². The molecule has 10 nitrogen and oxygen atoms in total. The van der Waals surface area contributed by atoms with Gasteiger partial charge in [0.25, 0.3) is 0 Å². The lowest BCUT2D eigenvalue weighted by Gasteiger charge is -2.32. The van der Waals surface area contributed by atoms with Crippen molar-refractivity contribution in [1.29, 1.82) is 0 Å². The molecule has 2 heterocycles. The number of nitrogens with one attached hydrogen (secondary N) is 1. The molecule has 0 bridgehead atoms. The number of aliphatic carboxylic acids is 1. The van der Waals surface area contributed by atoms with Crippen molar-refractivity contribution in [1.82, 2.24) is 20.2 Å². The van der Waals surface area contributed by atoms with Crippen LogP contribution >= 0.6 is 11.3 Å². The number of hydrazine groups is 1. The van der Waals surface area contributed by atoms with Crippen molar-refractivity contribution in [2.45, 2.75) is 77.9 Å². The summed E-state index contributed by atoms with van der Waals surface area (Å²) in [6.07, 6.45) is 6.50. The van der Waals surface area contributed by atoms with Gasteiger partial charge in [-0.15, -0.1) is 11.3 Å². The van der Waals surface area contributed by atoms with E-state index >= 15 is 0 Å². The lowest BCUT2D eigenvalue weighted by molar-refractivity contribution is -0.138. The highest BCUT2D eigenvalue weighted by Gasteiger charge is 2.31. The minimum Gasteiger partial charge on any atom is -0.481 e. The summed E-state index contributed by atoms with van der Waals surface area (Å²) < 4.78 is 0. The van der Waals surface area contributed by atoms with Gasteiger partial charge in [0.2, 0.25) is 5.91 Å². The molecule has 2 aliphatic rings. The Bertz CT molecular complexity index is 1220. The molecule has 2 aromatic rings. The monoisotopic (exact) mass is 584 g/mol. The molecular formula is C30H44N6O4S. The number of aromatic nitrogens is 1. The van der Waals surface area contributed by atoms with Crippen molar-refractivity contribution in [3.05, 3.63) is 52.9 Å². The number of likely N-dealkylation sites (tertiary alicyclic amines) is 1. The fourth-order valence-corrected chi connectivity index (χ4v) is 5.69. The van der Waals surface area contributed by atoms with E-state index < -0.39 is 12.0 Å². The number of nitrogens with zero attached hydrogens (tertiary/aromatic N) is 3. The zero-order valence-electron chi connectivity index (χ0n) is 24.7. The first-order valence-electron chi connectivity index (χ1n) is 14.0. The number of hydrogen-bond acceptors (Lipinski definition) is 9. The molecule has 1 saturated carbocycles. The number of rotatable bonds is 10. The Balaban J connectivity index is 0.000000263. The number of amides is 1. The lowest BCUT2D eigenvalue weighted by Crippen LogP contribution is -2.46. The van der Waals surface area contributed by atoms with Crippen LogP contribution in [0.2, 0.25) is 0 Å². The number of carboxylic acids is 1. The van der Waals surface area contributed by atoms with E-state index in [2.05, 4.69) is 10.3 Å². The number of carboxylic acid groups (broad SMARTS) is 1. The molecule has 224 valence electrons. The van der Waals surface area contributed by atoms with E-state index in [0.29, 0.717) is 5.92 Å². The second kappa shape index (κ2) is 14.1. The third-order valence-electron chi connectivity index (χ3n) is 7.52. The van der Waals surface area contributed by atoms with Gasteiger partial charge >= 0.3 is 5.97 Å². The van der Waals surface area contributed by atoms with Gasteiger partial charge in [-0.1, -0.05) is 45.0 Å². The van der Waals surface area contributed by atoms with Crippen LogP contribution in [0, 0.1) is 18.3 Å². The third-order valence-corrected chi connectivity index (χ3v) is 8.50. The molecule has 1 aliphatic carbocycles. The fourth-order valence-electron chi connectivity index (χ4n) is 4.88. The summed E-state index contributed by atoms with van der Waals surface area (Å²) >= 11 is 1.57. The van der Waals surface area contributed by atoms with Gasteiger partial charge in [-0.3, -0.25) is 14.5 Å². The van der Waals surface area contributed by atoms with E-state index in [1.165, 1.54) is 5.01 Å². The lowest BCUT2D eigenvalue weighted by atomic mass is 9.87. The Kier molecular flexibility index (Phi) is 11.1. The second-order valence-corrected chi connectivity index (χ2v) is 12.8. The molecule has 11 heteroatoms. The van der Waals surface area contributed by atoms with Gasteiger partial charge in [0, 0.05) is 17.8 Å². The van der Waals surface area contributed by atoms with Gasteiger partial charge in [-0.05, 0) is 62.7 Å². The predicted molar refractivity (Wildman–Crippen MR) is 161 cm³/mol. The number of carbonyl (C=O) groups is 3. The maximum absolute atomic E-state index is 12.6. The number of hydrogen-bond donors (Lipinski definition) is 4. The van der Waals surface area contributed by atoms with Crippen molar-refractivity contribution in [2.75, 3.05) is 13.6 Å². The zero-order chi connectivity index (χ0) is 30.3. The summed E-state index contributed by atoms with van der Waals surface area (Å²) in [5, 5.41) is 13.6. The topological polar surface area (TPSA) is 155 Å². The Morgan fingerprint density at radius 2 is 1.90 bits per heavy atom. The van der Waals surface area contributed by atoms with Crippen LogP contribution in [-0.2, 0) is 14.4 Å². The molecule has 1 aromatic carbocycles. The Hall–Kier alpha value is -3.28. The quantitative estimate of drug-likeness (QED) is 0.185. The molecule has 3 unspecified atom stereocenters. The van der Waals surface area contributed by atoms with Gasteiger partial charge < -0.3 is 26.0 Å².